The number of piperidine rings is 1. The zero-order valence-electron chi connectivity index (χ0n) is 21.7. The fourth-order valence-electron chi connectivity index (χ4n) is 5.41. The van der Waals surface area contributed by atoms with Crippen LogP contribution in [0, 0.1) is 11.7 Å². The largest absolute Gasteiger partial charge is 0.469 e. The number of anilines is 1. The van der Waals surface area contributed by atoms with Gasteiger partial charge in [-0.3, -0.25) is 4.79 Å². The summed E-state index contributed by atoms with van der Waals surface area (Å²) >= 11 is 0. The third-order valence-corrected chi connectivity index (χ3v) is 7.30. The lowest BCUT2D eigenvalue weighted by molar-refractivity contribution is -0.141. The molecule has 1 aromatic carbocycles. The third-order valence-electron chi connectivity index (χ3n) is 7.30. The number of ether oxygens (including phenoxy) is 1. The van der Waals surface area contributed by atoms with Gasteiger partial charge in [0.25, 0.3) is 0 Å². The van der Waals surface area contributed by atoms with Gasteiger partial charge in [-0.25, -0.2) is 9.37 Å². The van der Waals surface area contributed by atoms with Crippen molar-refractivity contribution in [1.82, 2.24) is 15.6 Å². The topological polar surface area (TPSA) is 66.5 Å². The smallest absolute Gasteiger partial charge is 0.307 e. The molecule has 194 valence electrons. The lowest BCUT2D eigenvalue weighted by atomic mass is 9.82. The Labute approximate surface area is 210 Å². The first kappa shape index (κ1) is 27.3. The number of hydrogen-bond donors (Lipinski definition) is 2. The van der Waals surface area contributed by atoms with Crippen molar-refractivity contribution in [1.29, 1.82) is 0 Å². The highest BCUT2D eigenvalue weighted by molar-refractivity contribution is 5.92. The van der Waals surface area contributed by atoms with Crippen LogP contribution in [0.4, 0.5) is 10.2 Å². The minimum Gasteiger partial charge on any atom is -0.469 e. The molecular formula is C28H43FN4O2. The monoisotopic (exact) mass is 486 g/mol. The molecule has 2 aliphatic rings. The van der Waals surface area contributed by atoms with Gasteiger partial charge in [-0.2, -0.15) is 0 Å². The highest BCUT2D eigenvalue weighted by atomic mass is 19.1. The van der Waals surface area contributed by atoms with E-state index in [0.717, 1.165) is 55.6 Å². The molecule has 7 heteroatoms. The summed E-state index contributed by atoms with van der Waals surface area (Å²) in [5, 5.41) is 9.22. The Kier molecular flexibility index (Phi) is 11.2. The number of nitrogens with zero attached hydrogens (tertiary/aromatic N) is 2. The predicted octanol–water partition coefficient (Wildman–Crippen LogP) is 5.06. The van der Waals surface area contributed by atoms with Gasteiger partial charge in [-0.1, -0.05) is 39.2 Å². The maximum Gasteiger partial charge on any atom is 0.307 e. The summed E-state index contributed by atoms with van der Waals surface area (Å²) in [4.78, 5) is 18.7. The standard InChI is InChI=1S/C26H37FN4O2.C2H6/c1-33-25(32)18-24(20-5-3-2-4-6-20)29-14-13-28-22-10-15-31(16-11-22)26-23-17-21(27)8-7-19(23)9-12-30-26;1-2/h7-9,12,17,20,22,24,28-29H,2-6,10-11,13-16,18H2,1H3;1-2H3. The van der Waals surface area contributed by atoms with Gasteiger partial charge in [0.15, 0.2) is 0 Å². The highest BCUT2D eigenvalue weighted by Gasteiger charge is 2.26. The molecule has 2 N–H and O–H groups in total. The molecule has 1 saturated heterocycles. The van der Waals surface area contributed by atoms with E-state index in [0.29, 0.717) is 18.4 Å². The quantitative estimate of drug-likeness (QED) is 0.382. The molecule has 0 bridgehead atoms. The van der Waals surface area contributed by atoms with Crippen LogP contribution in [0.5, 0.6) is 0 Å². The first-order valence-corrected chi connectivity index (χ1v) is 13.5. The number of methoxy groups -OCH3 is 1. The molecule has 6 nitrogen and oxygen atoms in total. The molecule has 2 fully saturated rings. The third kappa shape index (κ3) is 7.87. The van der Waals surface area contributed by atoms with E-state index in [9.17, 15) is 9.18 Å². The number of aromatic nitrogens is 1. The SMILES string of the molecule is CC.COC(=O)CC(NCCNC1CCN(c2nccc3ccc(F)cc23)CC1)C1CCCCC1. The molecule has 35 heavy (non-hydrogen) atoms. The molecule has 1 saturated carbocycles. The Morgan fingerprint density at radius 3 is 2.57 bits per heavy atom. The van der Waals surface area contributed by atoms with E-state index in [2.05, 4.69) is 20.5 Å². The number of carbonyl (C=O) groups is 1. The van der Waals surface area contributed by atoms with E-state index >= 15 is 0 Å². The Hall–Kier alpha value is -2.25. The van der Waals surface area contributed by atoms with Crippen molar-refractivity contribution in [3.05, 3.63) is 36.3 Å². The van der Waals surface area contributed by atoms with Gasteiger partial charge < -0.3 is 20.3 Å². The zero-order valence-corrected chi connectivity index (χ0v) is 21.7. The summed E-state index contributed by atoms with van der Waals surface area (Å²) in [6.45, 7) is 7.54. The van der Waals surface area contributed by atoms with Gasteiger partial charge in [0, 0.05) is 49.8 Å². The van der Waals surface area contributed by atoms with Crippen LogP contribution >= 0.6 is 0 Å². The van der Waals surface area contributed by atoms with E-state index in [1.54, 1.807) is 6.07 Å². The lowest BCUT2D eigenvalue weighted by Crippen LogP contribution is -2.46. The van der Waals surface area contributed by atoms with Gasteiger partial charge >= 0.3 is 5.97 Å². The van der Waals surface area contributed by atoms with Crippen molar-refractivity contribution in [2.24, 2.45) is 5.92 Å². The van der Waals surface area contributed by atoms with E-state index in [4.69, 9.17) is 4.74 Å². The van der Waals surface area contributed by atoms with Crippen LogP contribution in [0.1, 0.15) is 65.2 Å². The van der Waals surface area contributed by atoms with Crippen molar-refractivity contribution in [2.45, 2.75) is 77.3 Å². The average Bonchev–Trinajstić information content (AvgIpc) is 2.92. The molecule has 0 amide bonds. The Morgan fingerprint density at radius 2 is 1.86 bits per heavy atom. The summed E-state index contributed by atoms with van der Waals surface area (Å²) in [6.07, 6.45) is 10.6. The van der Waals surface area contributed by atoms with E-state index < -0.39 is 0 Å². The Bertz CT molecular complexity index is 911. The molecule has 0 spiro atoms. The first-order valence-electron chi connectivity index (χ1n) is 13.5. The summed E-state index contributed by atoms with van der Waals surface area (Å²) in [7, 11) is 1.47. The molecule has 1 aliphatic heterocycles. The normalized spacial score (nSPS) is 18.1. The molecule has 1 aromatic heterocycles. The minimum atomic E-state index is -0.223. The minimum absolute atomic E-state index is 0.125. The number of benzene rings is 1. The number of hydrogen-bond acceptors (Lipinski definition) is 6. The number of nitrogens with one attached hydrogen (secondary N) is 2. The number of rotatable bonds is 9. The second-order valence-electron chi connectivity index (χ2n) is 9.45. The Balaban J connectivity index is 0.00000167. The van der Waals surface area contributed by atoms with Gasteiger partial charge in [-0.15, -0.1) is 0 Å². The van der Waals surface area contributed by atoms with Gasteiger partial charge in [0.05, 0.1) is 13.5 Å². The maximum absolute atomic E-state index is 13.8. The second kappa shape index (κ2) is 14.3. The molecule has 2 heterocycles. The molecule has 2 aromatic rings. The van der Waals surface area contributed by atoms with Gasteiger partial charge in [0.2, 0.25) is 0 Å². The predicted molar refractivity (Wildman–Crippen MR) is 141 cm³/mol. The van der Waals surface area contributed by atoms with E-state index in [1.165, 1.54) is 45.3 Å². The summed E-state index contributed by atoms with van der Waals surface area (Å²) in [5.74, 6) is 1.10. The van der Waals surface area contributed by atoms with E-state index in [-0.39, 0.29) is 17.8 Å². The molecule has 1 aliphatic carbocycles. The van der Waals surface area contributed by atoms with Crippen molar-refractivity contribution in [3.63, 3.8) is 0 Å². The van der Waals surface area contributed by atoms with Crippen LogP contribution in [-0.2, 0) is 9.53 Å². The average molecular weight is 487 g/mol. The van der Waals surface area contributed by atoms with Crippen molar-refractivity contribution in [3.8, 4) is 0 Å². The Morgan fingerprint density at radius 1 is 1.11 bits per heavy atom. The second-order valence-corrected chi connectivity index (χ2v) is 9.45. The number of fused-ring (bicyclic) bond motifs is 1. The number of esters is 1. The fraction of sp³-hybridized carbons (Fsp3) is 0.643. The van der Waals surface area contributed by atoms with Crippen molar-refractivity contribution >= 4 is 22.6 Å². The van der Waals surface area contributed by atoms with Crippen LogP contribution in [0.15, 0.2) is 30.5 Å². The van der Waals surface area contributed by atoms with Gasteiger partial charge in [-0.05, 0) is 55.2 Å². The first-order chi connectivity index (χ1) is 17.1. The van der Waals surface area contributed by atoms with Crippen LogP contribution in [0.3, 0.4) is 0 Å². The van der Waals surface area contributed by atoms with E-state index in [1.807, 2.05) is 32.2 Å². The summed E-state index contributed by atoms with van der Waals surface area (Å²) < 4.78 is 18.7. The highest BCUT2D eigenvalue weighted by Crippen LogP contribution is 2.29. The zero-order chi connectivity index (χ0) is 25.0. The molecule has 1 unspecified atom stereocenters. The van der Waals surface area contributed by atoms with Crippen molar-refractivity contribution in [2.75, 3.05) is 38.2 Å². The number of pyridine rings is 1. The summed E-state index contributed by atoms with van der Waals surface area (Å²) in [5.41, 5.74) is 0. The van der Waals surface area contributed by atoms with Crippen LogP contribution in [-0.4, -0.2) is 56.3 Å². The van der Waals surface area contributed by atoms with Crippen LogP contribution < -0.4 is 15.5 Å². The molecule has 1 atom stereocenters. The maximum atomic E-state index is 13.8. The molecule has 0 radical (unpaired) electrons. The van der Waals surface area contributed by atoms with Crippen LogP contribution in [0.2, 0.25) is 0 Å². The van der Waals surface area contributed by atoms with Gasteiger partial charge in [0.1, 0.15) is 11.6 Å². The number of halogens is 1. The lowest BCUT2D eigenvalue weighted by Gasteiger charge is -2.34. The van der Waals surface area contributed by atoms with Crippen molar-refractivity contribution < 1.29 is 13.9 Å². The summed E-state index contributed by atoms with van der Waals surface area (Å²) in [6, 6.07) is 7.51. The van der Waals surface area contributed by atoms with Crippen LogP contribution in [0.25, 0.3) is 10.8 Å². The number of carbonyl (C=O) groups excluding carboxylic acids is 1. The fourth-order valence-corrected chi connectivity index (χ4v) is 5.41. The molecular weight excluding hydrogens is 443 g/mol. The molecule has 4 rings (SSSR count).